The zero-order valence-corrected chi connectivity index (χ0v) is 10.7. The summed E-state index contributed by atoms with van der Waals surface area (Å²) in [6.45, 7) is 0. The Morgan fingerprint density at radius 3 is 2.16 bits per heavy atom. The van der Waals surface area contributed by atoms with E-state index >= 15 is 0 Å². The molecule has 1 aliphatic rings. The molecule has 0 fully saturated rings. The summed E-state index contributed by atoms with van der Waals surface area (Å²) in [7, 11) is 0. The summed E-state index contributed by atoms with van der Waals surface area (Å²) in [5, 5.41) is 9.24. The van der Waals surface area contributed by atoms with Gasteiger partial charge in [0, 0.05) is 12.3 Å². The van der Waals surface area contributed by atoms with Crippen molar-refractivity contribution in [3.63, 3.8) is 0 Å². The fourth-order valence-electron chi connectivity index (χ4n) is 2.75. The molecule has 1 aliphatic carbocycles. The van der Waals surface area contributed by atoms with Crippen molar-refractivity contribution in [1.29, 1.82) is 0 Å². The standard InChI is InChI=1S/C17H16O2/c18-16-7-5-12(6-8-16)9-17(19)15-10-13-3-1-2-4-14(13)11-15/h1-8,15,18H,9-11H2. The van der Waals surface area contributed by atoms with Crippen LogP contribution in [0, 0.1) is 5.92 Å². The quantitative estimate of drug-likeness (QED) is 0.912. The molecule has 0 heterocycles. The number of hydrogen-bond donors (Lipinski definition) is 1. The third-order valence-electron chi connectivity index (χ3n) is 3.82. The van der Waals surface area contributed by atoms with Gasteiger partial charge >= 0.3 is 0 Å². The number of fused-ring (bicyclic) bond motifs is 1. The second-order valence-electron chi connectivity index (χ2n) is 5.18. The molecule has 2 aromatic rings. The Morgan fingerprint density at radius 2 is 1.58 bits per heavy atom. The number of aromatic hydroxyl groups is 1. The van der Waals surface area contributed by atoms with Gasteiger partial charge in [0.1, 0.15) is 11.5 Å². The number of ketones is 1. The first-order valence-electron chi connectivity index (χ1n) is 6.60. The van der Waals surface area contributed by atoms with Crippen molar-refractivity contribution in [2.45, 2.75) is 19.3 Å². The van der Waals surface area contributed by atoms with Crippen molar-refractivity contribution in [3.8, 4) is 5.75 Å². The Kier molecular flexibility index (Phi) is 3.08. The van der Waals surface area contributed by atoms with E-state index in [4.69, 9.17) is 0 Å². The summed E-state index contributed by atoms with van der Waals surface area (Å²) in [6, 6.07) is 15.2. The van der Waals surface area contributed by atoms with E-state index in [1.54, 1.807) is 12.1 Å². The van der Waals surface area contributed by atoms with E-state index < -0.39 is 0 Å². The van der Waals surface area contributed by atoms with Crippen molar-refractivity contribution in [3.05, 3.63) is 65.2 Å². The van der Waals surface area contributed by atoms with Crippen molar-refractivity contribution < 1.29 is 9.90 Å². The molecular weight excluding hydrogens is 236 g/mol. The lowest BCUT2D eigenvalue weighted by molar-refractivity contribution is -0.121. The Hall–Kier alpha value is -2.09. The molecule has 0 unspecified atom stereocenters. The third-order valence-corrected chi connectivity index (χ3v) is 3.82. The first-order chi connectivity index (χ1) is 9.22. The molecule has 0 aliphatic heterocycles. The average Bonchev–Trinajstić information content (AvgIpc) is 2.85. The van der Waals surface area contributed by atoms with E-state index in [2.05, 4.69) is 12.1 Å². The van der Waals surface area contributed by atoms with E-state index in [9.17, 15) is 9.90 Å². The predicted octanol–water partition coefficient (Wildman–Crippen LogP) is 2.92. The second-order valence-corrected chi connectivity index (χ2v) is 5.18. The number of hydrogen-bond acceptors (Lipinski definition) is 2. The van der Waals surface area contributed by atoms with Crippen LogP contribution >= 0.6 is 0 Å². The first kappa shape index (κ1) is 12.0. The largest absolute Gasteiger partial charge is 0.508 e. The lowest BCUT2D eigenvalue weighted by Crippen LogP contribution is -2.17. The number of phenols is 1. The fourth-order valence-corrected chi connectivity index (χ4v) is 2.75. The van der Waals surface area contributed by atoms with Crippen LogP contribution in [0.25, 0.3) is 0 Å². The number of Topliss-reactive ketones (excluding diaryl/α,β-unsaturated/α-hetero) is 1. The molecule has 0 radical (unpaired) electrons. The van der Waals surface area contributed by atoms with Crippen molar-refractivity contribution >= 4 is 5.78 Å². The van der Waals surface area contributed by atoms with Crippen LogP contribution in [0.1, 0.15) is 16.7 Å². The van der Waals surface area contributed by atoms with E-state index in [1.165, 1.54) is 11.1 Å². The molecule has 0 saturated carbocycles. The molecule has 0 atom stereocenters. The van der Waals surface area contributed by atoms with Crippen LogP contribution in [0.2, 0.25) is 0 Å². The third kappa shape index (κ3) is 2.53. The Labute approximate surface area is 112 Å². The molecule has 0 bridgehead atoms. The Morgan fingerprint density at radius 1 is 1.00 bits per heavy atom. The summed E-state index contributed by atoms with van der Waals surface area (Å²) in [5.74, 6) is 0.651. The maximum atomic E-state index is 12.3. The van der Waals surface area contributed by atoms with Crippen molar-refractivity contribution in [1.82, 2.24) is 0 Å². The zero-order chi connectivity index (χ0) is 13.2. The number of rotatable bonds is 3. The van der Waals surface area contributed by atoms with Gasteiger partial charge < -0.3 is 5.11 Å². The van der Waals surface area contributed by atoms with Gasteiger partial charge in [0.25, 0.3) is 0 Å². The molecule has 19 heavy (non-hydrogen) atoms. The van der Waals surface area contributed by atoms with Gasteiger partial charge in [-0.25, -0.2) is 0 Å². The van der Waals surface area contributed by atoms with Gasteiger partial charge in [-0.2, -0.15) is 0 Å². The van der Waals surface area contributed by atoms with Gasteiger partial charge in [0.15, 0.2) is 0 Å². The number of carbonyl (C=O) groups excluding carboxylic acids is 1. The molecule has 0 spiro atoms. The lowest BCUT2D eigenvalue weighted by Gasteiger charge is -2.08. The minimum atomic E-state index is 0.117. The summed E-state index contributed by atoms with van der Waals surface area (Å²) < 4.78 is 0. The number of benzene rings is 2. The summed E-state index contributed by atoms with van der Waals surface area (Å²) in [6.07, 6.45) is 2.19. The Bertz CT molecular complexity index is 574. The van der Waals surface area contributed by atoms with E-state index in [0.29, 0.717) is 12.2 Å². The topological polar surface area (TPSA) is 37.3 Å². The monoisotopic (exact) mass is 252 g/mol. The van der Waals surface area contributed by atoms with Gasteiger partial charge in [-0.1, -0.05) is 36.4 Å². The van der Waals surface area contributed by atoms with Crippen LogP contribution in [0.15, 0.2) is 48.5 Å². The molecule has 2 aromatic carbocycles. The van der Waals surface area contributed by atoms with Gasteiger partial charge in [0.05, 0.1) is 0 Å². The molecular formula is C17H16O2. The second kappa shape index (κ2) is 4.88. The molecule has 0 aromatic heterocycles. The van der Waals surface area contributed by atoms with Crippen molar-refractivity contribution in [2.24, 2.45) is 5.92 Å². The minimum absolute atomic E-state index is 0.117. The molecule has 2 nitrogen and oxygen atoms in total. The van der Waals surface area contributed by atoms with Crippen LogP contribution in [-0.2, 0) is 24.1 Å². The van der Waals surface area contributed by atoms with Crippen LogP contribution in [0.4, 0.5) is 0 Å². The van der Waals surface area contributed by atoms with E-state index in [0.717, 1.165) is 18.4 Å². The van der Waals surface area contributed by atoms with Gasteiger partial charge in [-0.3, -0.25) is 4.79 Å². The van der Waals surface area contributed by atoms with Crippen LogP contribution in [0.3, 0.4) is 0 Å². The van der Waals surface area contributed by atoms with Crippen LogP contribution in [0.5, 0.6) is 5.75 Å². The summed E-state index contributed by atoms with van der Waals surface area (Å²) in [4.78, 5) is 12.3. The number of phenolic OH excluding ortho intramolecular Hbond substituents is 1. The smallest absolute Gasteiger partial charge is 0.140 e. The first-order valence-corrected chi connectivity index (χ1v) is 6.60. The van der Waals surface area contributed by atoms with E-state index in [1.807, 2.05) is 24.3 Å². The molecule has 96 valence electrons. The molecule has 0 amide bonds. The molecule has 1 N–H and O–H groups in total. The maximum Gasteiger partial charge on any atom is 0.140 e. The molecule has 2 heteroatoms. The summed E-state index contributed by atoms with van der Waals surface area (Å²) >= 11 is 0. The van der Waals surface area contributed by atoms with E-state index in [-0.39, 0.29) is 11.7 Å². The molecule has 0 saturated heterocycles. The summed E-state index contributed by atoms with van der Waals surface area (Å²) in [5.41, 5.74) is 3.59. The van der Waals surface area contributed by atoms with Crippen molar-refractivity contribution in [2.75, 3.05) is 0 Å². The SMILES string of the molecule is O=C(Cc1ccc(O)cc1)C1Cc2ccccc2C1. The van der Waals surface area contributed by atoms with Gasteiger partial charge in [-0.05, 0) is 41.7 Å². The average molecular weight is 252 g/mol. The highest BCUT2D eigenvalue weighted by Crippen LogP contribution is 2.28. The highest BCUT2D eigenvalue weighted by atomic mass is 16.3. The zero-order valence-electron chi connectivity index (χ0n) is 10.7. The maximum absolute atomic E-state index is 12.3. The fraction of sp³-hybridized carbons (Fsp3) is 0.235. The molecule has 3 rings (SSSR count). The minimum Gasteiger partial charge on any atom is -0.508 e. The Balaban J connectivity index is 1.68. The lowest BCUT2D eigenvalue weighted by atomic mass is 9.95. The highest BCUT2D eigenvalue weighted by Gasteiger charge is 2.26. The van der Waals surface area contributed by atoms with Gasteiger partial charge in [-0.15, -0.1) is 0 Å². The van der Waals surface area contributed by atoms with Crippen LogP contribution in [-0.4, -0.2) is 10.9 Å². The number of carbonyl (C=O) groups is 1. The predicted molar refractivity (Wildman–Crippen MR) is 74.2 cm³/mol. The highest BCUT2D eigenvalue weighted by molar-refractivity contribution is 5.84. The normalized spacial score (nSPS) is 14.3. The van der Waals surface area contributed by atoms with Crippen LogP contribution < -0.4 is 0 Å². The van der Waals surface area contributed by atoms with Gasteiger partial charge in [0.2, 0.25) is 0 Å².